The molecule has 38 heavy (non-hydrogen) atoms. The molecule has 0 aromatic heterocycles. The summed E-state index contributed by atoms with van der Waals surface area (Å²) in [6.07, 6.45) is 2.76. The van der Waals surface area contributed by atoms with E-state index in [4.69, 9.17) is 23.7 Å². The highest BCUT2D eigenvalue weighted by atomic mass is 16.7. The number of fused-ring (bicyclic) bond motifs is 1. The zero-order valence-electron chi connectivity index (χ0n) is 22.6. The van der Waals surface area contributed by atoms with Crippen LogP contribution in [0, 0.1) is 23.2 Å². The van der Waals surface area contributed by atoms with Gasteiger partial charge < -0.3 is 23.7 Å². The second-order valence-electron chi connectivity index (χ2n) is 10.4. The topological polar surface area (TPSA) is 63.2 Å². The quantitative estimate of drug-likeness (QED) is 0.123. The zero-order valence-corrected chi connectivity index (χ0v) is 22.6. The van der Waals surface area contributed by atoms with Crippen LogP contribution < -0.4 is 0 Å². The summed E-state index contributed by atoms with van der Waals surface area (Å²) in [4.78, 5) is 13.1. The largest absolute Gasteiger partial charge is 0.440 e. The Morgan fingerprint density at radius 2 is 1.63 bits per heavy atom. The number of esters is 1. The van der Waals surface area contributed by atoms with Crippen LogP contribution in [0.15, 0.2) is 73.3 Å². The Hall–Kier alpha value is -2.95. The van der Waals surface area contributed by atoms with Crippen molar-refractivity contribution in [3.8, 4) is 11.8 Å². The van der Waals surface area contributed by atoms with Gasteiger partial charge >= 0.3 is 5.97 Å². The van der Waals surface area contributed by atoms with Crippen molar-refractivity contribution in [2.75, 3.05) is 13.6 Å². The van der Waals surface area contributed by atoms with Crippen LogP contribution in [-0.2, 0) is 41.7 Å². The van der Waals surface area contributed by atoms with Crippen LogP contribution >= 0.6 is 0 Å². The van der Waals surface area contributed by atoms with Gasteiger partial charge in [-0.15, -0.1) is 12.5 Å². The van der Waals surface area contributed by atoms with E-state index in [1.54, 1.807) is 13.0 Å². The number of hydrogen-bond donors (Lipinski definition) is 0. The molecule has 1 aliphatic heterocycles. The van der Waals surface area contributed by atoms with Gasteiger partial charge in [0, 0.05) is 5.41 Å². The van der Waals surface area contributed by atoms with Crippen molar-refractivity contribution in [2.24, 2.45) is 11.3 Å². The molecule has 5 atom stereocenters. The van der Waals surface area contributed by atoms with Crippen molar-refractivity contribution in [2.45, 2.75) is 70.6 Å². The Kier molecular flexibility index (Phi) is 9.07. The van der Waals surface area contributed by atoms with E-state index in [1.807, 2.05) is 67.6 Å². The molecule has 1 heterocycles. The van der Waals surface area contributed by atoms with Gasteiger partial charge in [0.25, 0.3) is 0 Å². The minimum absolute atomic E-state index is 0.00856. The van der Waals surface area contributed by atoms with Gasteiger partial charge in [0.15, 0.2) is 0 Å². The summed E-state index contributed by atoms with van der Waals surface area (Å²) in [6, 6.07) is 19.8. The lowest BCUT2D eigenvalue weighted by molar-refractivity contribution is -0.322. The lowest BCUT2D eigenvalue weighted by atomic mass is 9.53. The highest BCUT2D eigenvalue weighted by molar-refractivity contribution is 5.74. The Morgan fingerprint density at radius 1 is 1.03 bits per heavy atom. The van der Waals surface area contributed by atoms with E-state index in [2.05, 4.69) is 25.3 Å². The maximum Gasteiger partial charge on any atom is 0.308 e. The van der Waals surface area contributed by atoms with Crippen LogP contribution in [0.1, 0.15) is 51.2 Å². The first-order chi connectivity index (χ1) is 18.4. The van der Waals surface area contributed by atoms with Crippen molar-refractivity contribution < 1.29 is 28.5 Å². The number of carbonyl (C=O) groups is 1. The number of hydrogen-bond acceptors (Lipinski definition) is 6. The average Bonchev–Trinajstić information content (AvgIpc) is 2.92. The third-order valence-electron chi connectivity index (χ3n) is 7.88. The highest BCUT2D eigenvalue weighted by Crippen LogP contribution is 2.59. The van der Waals surface area contributed by atoms with Gasteiger partial charge in [-0.25, -0.2) is 0 Å². The summed E-state index contributed by atoms with van der Waals surface area (Å²) in [5.74, 6) is 5.96. The van der Waals surface area contributed by atoms with Crippen LogP contribution in [0.3, 0.4) is 0 Å². The van der Waals surface area contributed by atoms with Crippen molar-refractivity contribution in [3.63, 3.8) is 0 Å². The molecule has 1 saturated carbocycles. The molecule has 0 spiro atoms. The first kappa shape index (κ1) is 28.1. The minimum Gasteiger partial charge on any atom is -0.440 e. The van der Waals surface area contributed by atoms with Gasteiger partial charge in [0.05, 0.1) is 19.6 Å². The summed E-state index contributed by atoms with van der Waals surface area (Å²) in [5, 5.41) is 0. The molecule has 6 heteroatoms. The van der Waals surface area contributed by atoms with Crippen molar-refractivity contribution >= 4 is 5.97 Å². The van der Waals surface area contributed by atoms with Gasteiger partial charge in [-0.2, -0.15) is 0 Å². The van der Waals surface area contributed by atoms with Gasteiger partial charge in [0.1, 0.15) is 25.3 Å². The van der Waals surface area contributed by atoms with E-state index in [-0.39, 0.29) is 31.9 Å². The summed E-state index contributed by atoms with van der Waals surface area (Å²) in [5.41, 5.74) is -1.04. The molecule has 2 aliphatic rings. The minimum atomic E-state index is -1.36. The van der Waals surface area contributed by atoms with Crippen LogP contribution in [0.25, 0.3) is 0 Å². The predicted molar refractivity (Wildman–Crippen MR) is 144 cm³/mol. The maximum atomic E-state index is 13.1. The van der Waals surface area contributed by atoms with E-state index in [0.29, 0.717) is 19.6 Å². The zero-order chi connectivity index (χ0) is 27.1. The molecule has 1 aliphatic carbocycles. The lowest BCUT2D eigenvalue weighted by Gasteiger charge is -2.62. The summed E-state index contributed by atoms with van der Waals surface area (Å²) >= 11 is 0. The second-order valence-corrected chi connectivity index (χ2v) is 10.4. The molecule has 4 rings (SSSR count). The molecule has 0 radical (unpaired) electrons. The van der Waals surface area contributed by atoms with Crippen LogP contribution in [0.5, 0.6) is 0 Å². The predicted octanol–water partition coefficient (Wildman–Crippen LogP) is 5.81. The molecule has 2 fully saturated rings. The molecule has 2 aromatic carbocycles. The van der Waals surface area contributed by atoms with E-state index in [1.165, 1.54) is 0 Å². The normalized spacial score (nSPS) is 30.4. The molecule has 0 N–H and O–H groups in total. The molecule has 1 saturated heterocycles. The lowest BCUT2D eigenvalue weighted by Crippen LogP contribution is -2.76. The van der Waals surface area contributed by atoms with Gasteiger partial charge in [-0.1, -0.05) is 80.6 Å². The third kappa shape index (κ3) is 5.43. The number of carbonyl (C=O) groups excluding carboxylic acids is 1. The Morgan fingerprint density at radius 3 is 2.21 bits per heavy atom. The first-order valence-electron chi connectivity index (χ1n) is 13.2. The summed E-state index contributed by atoms with van der Waals surface area (Å²) in [6.45, 7) is 10.8. The molecule has 5 unspecified atom stereocenters. The van der Waals surface area contributed by atoms with Gasteiger partial charge in [-0.05, 0) is 42.7 Å². The van der Waals surface area contributed by atoms with E-state index in [9.17, 15) is 4.79 Å². The van der Waals surface area contributed by atoms with E-state index < -0.39 is 22.7 Å². The van der Waals surface area contributed by atoms with Crippen LogP contribution in [0.2, 0.25) is 0 Å². The molecule has 202 valence electrons. The first-order valence-corrected chi connectivity index (χ1v) is 13.2. The maximum absolute atomic E-state index is 13.1. The fourth-order valence-electron chi connectivity index (χ4n) is 5.88. The van der Waals surface area contributed by atoms with E-state index in [0.717, 1.165) is 17.5 Å². The molecule has 0 amide bonds. The standard InChI is InChI=1S/C32H38O6/c1-5-18-31-29(36-23-34-21-26-13-9-7-10-14-26)25(3)17-19-32(31,30(4,6-2)20-28(33)38-31)37-24-35-22-27-15-11-8-12-16-27/h6-16,25,29H,2,17,19-24H2,1,3-4H3. The number of ether oxygens (including phenoxy) is 5. The van der Waals surface area contributed by atoms with E-state index >= 15 is 0 Å². The van der Waals surface area contributed by atoms with Crippen molar-refractivity contribution in [3.05, 3.63) is 84.4 Å². The second kappa shape index (κ2) is 12.3. The molecular formula is C32H38O6. The van der Waals surface area contributed by atoms with Gasteiger partial charge in [-0.3, -0.25) is 4.79 Å². The van der Waals surface area contributed by atoms with Crippen LogP contribution in [-0.4, -0.2) is 36.9 Å². The monoisotopic (exact) mass is 518 g/mol. The van der Waals surface area contributed by atoms with Gasteiger partial charge in [0.2, 0.25) is 5.60 Å². The number of rotatable bonds is 11. The fraction of sp³-hybridized carbons (Fsp3) is 0.469. The highest BCUT2D eigenvalue weighted by Gasteiger charge is 2.72. The van der Waals surface area contributed by atoms with Crippen molar-refractivity contribution in [1.29, 1.82) is 0 Å². The average molecular weight is 519 g/mol. The SMILES string of the molecule is C=CC1(C)CC(=O)OC2(C#CC)C(OCOCc3ccccc3)C(C)CCC12OCOCc1ccccc1. The Bertz CT molecular complexity index is 1140. The summed E-state index contributed by atoms with van der Waals surface area (Å²) in [7, 11) is 0. The molecular weight excluding hydrogens is 480 g/mol. The molecule has 6 nitrogen and oxygen atoms in total. The smallest absolute Gasteiger partial charge is 0.308 e. The third-order valence-corrected chi connectivity index (χ3v) is 7.88. The van der Waals surface area contributed by atoms with Crippen molar-refractivity contribution in [1.82, 2.24) is 0 Å². The summed E-state index contributed by atoms with van der Waals surface area (Å²) < 4.78 is 31.1. The fourth-order valence-corrected chi connectivity index (χ4v) is 5.88. The van der Waals surface area contributed by atoms with Crippen LogP contribution in [0.4, 0.5) is 0 Å². The molecule has 0 bridgehead atoms. The number of benzene rings is 2. The molecule has 2 aromatic rings. The Labute approximate surface area is 226 Å². The Balaban J connectivity index is 1.60.